The number of carbonyl (C=O) groups excluding carboxylic acids is 2. The molecule has 2 aromatic rings. The van der Waals surface area contributed by atoms with Crippen molar-refractivity contribution in [3.8, 4) is 17.2 Å². The van der Waals surface area contributed by atoms with Gasteiger partial charge in [-0.2, -0.15) is 0 Å². The molecule has 2 aliphatic carbocycles. The number of aromatic hydroxyl groups is 1. The van der Waals surface area contributed by atoms with Gasteiger partial charge in [0.2, 0.25) is 0 Å². The van der Waals surface area contributed by atoms with Gasteiger partial charge in [0, 0.05) is 5.56 Å². The molecule has 0 aromatic heterocycles. The van der Waals surface area contributed by atoms with Gasteiger partial charge in [0.1, 0.15) is 17.2 Å². The van der Waals surface area contributed by atoms with Crippen molar-refractivity contribution in [1.29, 1.82) is 0 Å². The molecule has 5 aliphatic rings. The van der Waals surface area contributed by atoms with E-state index in [-0.39, 0.29) is 22.9 Å². The average Bonchev–Trinajstić information content (AvgIpc) is 3.46. The molecule has 2 bridgehead atoms. The molecular weight excluding hydrogens is 352 g/mol. The first kappa shape index (κ1) is 14.0. The molecule has 3 aliphatic heterocycles. The van der Waals surface area contributed by atoms with Crippen LogP contribution < -0.4 is 9.47 Å². The van der Waals surface area contributed by atoms with Gasteiger partial charge in [0.25, 0.3) is 11.6 Å². The summed E-state index contributed by atoms with van der Waals surface area (Å²) in [6.07, 6.45) is 1.58. The fraction of sp³-hybridized carbons (Fsp3) is 0.200. The maximum absolute atomic E-state index is 12.7. The summed E-state index contributed by atoms with van der Waals surface area (Å²) in [4.78, 5) is 25.0. The third-order valence-electron chi connectivity index (χ3n) is 5.79. The number of epoxide rings is 1. The van der Waals surface area contributed by atoms with Crippen molar-refractivity contribution >= 4 is 11.6 Å². The highest BCUT2D eigenvalue weighted by Crippen LogP contribution is 2.64. The second-order valence-corrected chi connectivity index (χ2v) is 7.19. The Balaban J connectivity index is 1.61. The Hall–Kier alpha value is -3.16. The van der Waals surface area contributed by atoms with Crippen molar-refractivity contribution in [2.24, 2.45) is 0 Å². The highest BCUT2D eigenvalue weighted by Gasteiger charge is 2.74. The lowest BCUT2D eigenvalue weighted by Crippen LogP contribution is -2.60. The first-order valence-electron chi connectivity index (χ1n) is 8.55. The number of hydrogen-bond donors (Lipinski definition) is 1. The number of hydrogen-bond acceptors (Lipinski definition) is 7. The molecule has 2 unspecified atom stereocenters. The topological polar surface area (TPSA) is 94.6 Å². The van der Waals surface area contributed by atoms with E-state index in [4.69, 9.17) is 18.9 Å². The third kappa shape index (κ3) is 1.35. The van der Waals surface area contributed by atoms with Gasteiger partial charge in [-0.1, -0.05) is 12.1 Å². The molecule has 1 saturated heterocycles. The Morgan fingerprint density at radius 3 is 2.74 bits per heavy atom. The van der Waals surface area contributed by atoms with E-state index in [9.17, 15) is 14.7 Å². The summed E-state index contributed by atoms with van der Waals surface area (Å²) in [7, 11) is 0. The van der Waals surface area contributed by atoms with E-state index in [1.807, 2.05) is 0 Å². The van der Waals surface area contributed by atoms with Crippen molar-refractivity contribution in [2.45, 2.75) is 23.8 Å². The van der Waals surface area contributed by atoms with Crippen LogP contribution in [0.4, 0.5) is 0 Å². The number of fused-ring (bicyclic) bond motifs is 1. The summed E-state index contributed by atoms with van der Waals surface area (Å²) in [6, 6.07) is 8.13. The maximum Gasteiger partial charge on any atom is 0.275 e. The minimum absolute atomic E-state index is 0.0940. The quantitative estimate of drug-likeness (QED) is 0.716. The number of benzene rings is 2. The SMILES string of the molecule is O=C1C=CC23Oc4ccc(O)c5c4C(Oc4cccc1c42)(O3)[C@@H]1O[C@@H]1C5=O. The second kappa shape index (κ2) is 3.90. The summed E-state index contributed by atoms with van der Waals surface area (Å²) in [5.74, 6) is -2.67. The minimum atomic E-state index is -1.43. The number of rotatable bonds is 0. The van der Waals surface area contributed by atoms with E-state index in [0.29, 0.717) is 28.2 Å². The average molecular weight is 362 g/mol. The fourth-order valence-corrected chi connectivity index (χ4v) is 4.66. The zero-order chi connectivity index (χ0) is 18.1. The molecule has 0 amide bonds. The molecule has 132 valence electrons. The van der Waals surface area contributed by atoms with Crippen LogP contribution in [0.3, 0.4) is 0 Å². The largest absolute Gasteiger partial charge is 0.507 e. The number of allylic oxidation sites excluding steroid dienone is 1. The predicted octanol–water partition coefficient (Wildman–Crippen LogP) is 1.92. The Kier molecular flexibility index (Phi) is 2.02. The van der Waals surface area contributed by atoms with Crippen molar-refractivity contribution < 1.29 is 33.6 Å². The van der Waals surface area contributed by atoms with Crippen molar-refractivity contribution in [3.63, 3.8) is 0 Å². The van der Waals surface area contributed by atoms with E-state index < -0.39 is 23.8 Å². The molecule has 0 saturated carbocycles. The van der Waals surface area contributed by atoms with Crippen molar-refractivity contribution in [1.82, 2.24) is 0 Å². The van der Waals surface area contributed by atoms with Crippen LogP contribution in [0.1, 0.15) is 31.8 Å². The standard InChI is InChI=1S/C20H10O7/c21-9-6-7-19-14-8(9)2-1-3-11(14)26-20(27-19)15-12(25-19)5-4-10(22)13(15)16(23)17-18(20)24-17/h1-7,17-18,22H/t17-,18-,19?,20?/m1/s1. The van der Waals surface area contributed by atoms with Gasteiger partial charge in [-0.05, 0) is 30.4 Å². The molecule has 1 N–H and O–H groups in total. The minimum Gasteiger partial charge on any atom is -0.507 e. The van der Waals surface area contributed by atoms with Gasteiger partial charge in [-0.15, -0.1) is 0 Å². The summed E-state index contributed by atoms with van der Waals surface area (Å²) >= 11 is 0. The summed E-state index contributed by atoms with van der Waals surface area (Å²) < 4.78 is 24.4. The van der Waals surface area contributed by atoms with Crippen molar-refractivity contribution in [2.75, 3.05) is 0 Å². The summed E-state index contributed by atoms with van der Waals surface area (Å²) in [5.41, 5.74) is 1.36. The normalized spacial score (nSPS) is 35.4. The lowest BCUT2D eigenvalue weighted by molar-refractivity contribution is -0.345. The number of Topliss-reactive ketones (excluding diaryl/α,β-unsaturated/α-hetero) is 1. The lowest BCUT2D eigenvalue weighted by Gasteiger charge is -2.52. The van der Waals surface area contributed by atoms with E-state index in [1.54, 1.807) is 30.3 Å². The molecular formula is C20H10O7. The monoisotopic (exact) mass is 362 g/mol. The van der Waals surface area contributed by atoms with Crippen LogP contribution in [0.15, 0.2) is 42.5 Å². The van der Waals surface area contributed by atoms with Gasteiger partial charge in [0.05, 0.1) is 16.7 Å². The predicted molar refractivity (Wildman–Crippen MR) is 86.7 cm³/mol. The molecule has 7 nitrogen and oxygen atoms in total. The molecule has 2 aromatic carbocycles. The zero-order valence-corrected chi connectivity index (χ0v) is 13.6. The number of ketones is 2. The van der Waals surface area contributed by atoms with E-state index in [0.717, 1.165) is 0 Å². The van der Waals surface area contributed by atoms with Crippen LogP contribution in [-0.4, -0.2) is 28.9 Å². The maximum atomic E-state index is 12.7. The Morgan fingerprint density at radius 1 is 1.00 bits per heavy atom. The Labute approximate surface area is 151 Å². The molecule has 2 spiro atoms. The summed E-state index contributed by atoms with van der Waals surface area (Å²) in [5, 5.41) is 10.3. The molecule has 0 radical (unpaired) electrons. The second-order valence-electron chi connectivity index (χ2n) is 7.19. The number of ether oxygens (including phenoxy) is 4. The first-order chi connectivity index (χ1) is 13.0. The zero-order valence-electron chi connectivity index (χ0n) is 13.6. The van der Waals surface area contributed by atoms with E-state index >= 15 is 0 Å². The molecule has 7 heteroatoms. The van der Waals surface area contributed by atoms with Crippen LogP contribution in [0.2, 0.25) is 0 Å². The molecule has 7 rings (SSSR count). The van der Waals surface area contributed by atoms with Gasteiger partial charge in [-0.3, -0.25) is 14.3 Å². The molecule has 3 heterocycles. The highest BCUT2D eigenvalue weighted by molar-refractivity contribution is 6.09. The fourth-order valence-electron chi connectivity index (χ4n) is 4.66. The lowest BCUT2D eigenvalue weighted by atomic mass is 9.80. The van der Waals surface area contributed by atoms with Gasteiger partial charge >= 0.3 is 0 Å². The molecule has 1 fully saturated rings. The number of phenols is 1. The summed E-state index contributed by atoms with van der Waals surface area (Å²) in [6.45, 7) is 0. The van der Waals surface area contributed by atoms with E-state index in [1.165, 1.54) is 12.1 Å². The van der Waals surface area contributed by atoms with Crippen LogP contribution in [0.25, 0.3) is 0 Å². The number of phenolic OH excluding ortho intramolecular Hbond substituents is 1. The van der Waals surface area contributed by atoms with E-state index in [2.05, 4.69) is 0 Å². The number of carbonyl (C=O) groups is 2. The molecule has 4 atom stereocenters. The Morgan fingerprint density at radius 2 is 1.85 bits per heavy atom. The smallest absolute Gasteiger partial charge is 0.275 e. The van der Waals surface area contributed by atoms with Crippen molar-refractivity contribution in [3.05, 3.63) is 64.7 Å². The van der Waals surface area contributed by atoms with Gasteiger partial charge < -0.3 is 19.3 Å². The van der Waals surface area contributed by atoms with Crippen LogP contribution in [-0.2, 0) is 21.0 Å². The molecule has 27 heavy (non-hydrogen) atoms. The Bertz CT molecular complexity index is 1170. The van der Waals surface area contributed by atoms with Crippen LogP contribution >= 0.6 is 0 Å². The van der Waals surface area contributed by atoms with Gasteiger partial charge in [0.15, 0.2) is 23.8 Å². The first-order valence-corrected chi connectivity index (χ1v) is 8.55. The third-order valence-corrected chi connectivity index (χ3v) is 5.79. The highest BCUT2D eigenvalue weighted by atomic mass is 16.8. The van der Waals surface area contributed by atoms with Gasteiger partial charge in [-0.25, -0.2) is 0 Å². The van der Waals surface area contributed by atoms with Crippen LogP contribution in [0.5, 0.6) is 17.2 Å². The van der Waals surface area contributed by atoms with Crippen LogP contribution in [0, 0.1) is 0 Å².